The molecule has 3 aliphatic rings. The maximum Gasteiger partial charge on any atom is 0.269 e. The number of hydrogen-bond acceptors (Lipinski definition) is 6. The number of amides is 1. The lowest BCUT2D eigenvalue weighted by atomic mass is 10.1. The third-order valence-corrected chi connectivity index (χ3v) is 5.52. The number of anilines is 1. The van der Waals surface area contributed by atoms with Crippen LogP contribution in [0.15, 0.2) is 58.9 Å². The summed E-state index contributed by atoms with van der Waals surface area (Å²) in [5.41, 5.74) is 3.00. The summed E-state index contributed by atoms with van der Waals surface area (Å²) in [5, 5.41) is 6.09. The standard InChI is InChI=1S/C20H17N3O3S/c24-19(18-11-25-16-3-1-2-4-17(16)26-18)22-14-7-5-13(6-8-14)15-12-27-20-21-9-10-23(15)20/h1-8,12,18H,9-11H2,(H,22,24). The molecule has 1 amide bonds. The number of fused-ring (bicyclic) bond motifs is 2. The molecule has 0 spiro atoms. The van der Waals surface area contributed by atoms with Crippen molar-refractivity contribution in [3.05, 3.63) is 59.5 Å². The van der Waals surface area contributed by atoms with E-state index in [1.54, 1.807) is 17.8 Å². The summed E-state index contributed by atoms with van der Waals surface area (Å²) < 4.78 is 11.4. The van der Waals surface area contributed by atoms with E-state index in [-0.39, 0.29) is 12.5 Å². The number of carbonyl (C=O) groups excluding carboxylic acids is 1. The number of carbonyl (C=O) groups is 1. The zero-order valence-electron chi connectivity index (χ0n) is 14.4. The second-order valence-electron chi connectivity index (χ2n) is 6.37. The van der Waals surface area contributed by atoms with Crippen molar-refractivity contribution in [2.24, 2.45) is 4.99 Å². The highest BCUT2D eigenvalue weighted by Gasteiger charge is 2.28. The Morgan fingerprint density at radius 1 is 1.15 bits per heavy atom. The average molecular weight is 379 g/mol. The van der Waals surface area contributed by atoms with E-state index in [0.29, 0.717) is 11.5 Å². The van der Waals surface area contributed by atoms with Crippen LogP contribution >= 0.6 is 11.8 Å². The van der Waals surface area contributed by atoms with Gasteiger partial charge in [-0.2, -0.15) is 0 Å². The number of hydrogen-bond donors (Lipinski definition) is 1. The monoisotopic (exact) mass is 379 g/mol. The molecule has 0 saturated heterocycles. The first-order chi connectivity index (χ1) is 13.3. The minimum absolute atomic E-state index is 0.197. The summed E-state index contributed by atoms with van der Waals surface area (Å²) in [6.45, 7) is 1.97. The van der Waals surface area contributed by atoms with Crippen molar-refractivity contribution in [3.8, 4) is 11.5 Å². The van der Waals surface area contributed by atoms with Gasteiger partial charge in [-0.25, -0.2) is 0 Å². The first kappa shape index (κ1) is 16.3. The molecule has 0 aromatic heterocycles. The maximum absolute atomic E-state index is 12.5. The molecule has 2 aromatic carbocycles. The van der Waals surface area contributed by atoms with Crippen molar-refractivity contribution in [3.63, 3.8) is 0 Å². The van der Waals surface area contributed by atoms with E-state index in [2.05, 4.69) is 20.6 Å². The minimum atomic E-state index is -0.670. The van der Waals surface area contributed by atoms with Gasteiger partial charge in [0.2, 0.25) is 6.10 Å². The van der Waals surface area contributed by atoms with Crippen LogP contribution in [0.4, 0.5) is 5.69 Å². The third kappa shape index (κ3) is 3.04. The van der Waals surface area contributed by atoms with Gasteiger partial charge in [-0.1, -0.05) is 36.0 Å². The van der Waals surface area contributed by atoms with E-state index in [1.807, 2.05) is 42.5 Å². The first-order valence-electron chi connectivity index (χ1n) is 8.76. The quantitative estimate of drug-likeness (QED) is 0.887. The van der Waals surface area contributed by atoms with Gasteiger partial charge in [-0.3, -0.25) is 9.79 Å². The van der Waals surface area contributed by atoms with Gasteiger partial charge in [0.05, 0.1) is 12.2 Å². The van der Waals surface area contributed by atoms with Gasteiger partial charge in [-0.05, 0) is 29.8 Å². The van der Waals surface area contributed by atoms with E-state index in [9.17, 15) is 4.79 Å². The lowest BCUT2D eigenvalue weighted by molar-refractivity contribution is -0.125. The van der Waals surface area contributed by atoms with Gasteiger partial charge >= 0.3 is 0 Å². The lowest BCUT2D eigenvalue weighted by Gasteiger charge is -2.25. The third-order valence-electron chi connectivity index (χ3n) is 4.62. The molecule has 0 aliphatic carbocycles. The number of ether oxygens (including phenoxy) is 2. The fourth-order valence-corrected chi connectivity index (χ4v) is 4.21. The highest BCUT2D eigenvalue weighted by Crippen LogP contribution is 2.35. The fourth-order valence-electron chi connectivity index (χ4n) is 3.24. The number of nitrogens with one attached hydrogen (secondary N) is 1. The van der Waals surface area contributed by atoms with E-state index in [1.165, 1.54) is 0 Å². The van der Waals surface area contributed by atoms with Crippen molar-refractivity contribution in [1.82, 2.24) is 4.90 Å². The molecule has 3 aliphatic heterocycles. The molecule has 27 heavy (non-hydrogen) atoms. The molecule has 7 heteroatoms. The molecular weight excluding hydrogens is 362 g/mol. The van der Waals surface area contributed by atoms with Crippen LogP contribution in [0.2, 0.25) is 0 Å². The molecule has 136 valence electrons. The van der Waals surface area contributed by atoms with Crippen LogP contribution < -0.4 is 14.8 Å². The van der Waals surface area contributed by atoms with Crippen LogP contribution in [0.5, 0.6) is 11.5 Å². The highest BCUT2D eigenvalue weighted by molar-refractivity contribution is 8.16. The average Bonchev–Trinajstić information content (AvgIpc) is 3.32. The Kier molecular flexibility index (Phi) is 4.01. The molecule has 1 unspecified atom stereocenters. The number of para-hydroxylation sites is 2. The number of rotatable bonds is 3. The number of amidine groups is 1. The predicted molar refractivity (Wildman–Crippen MR) is 106 cm³/mol. The Bertz CT molecular complexity index is 955. The van der Waals surface area contributed by atoms with Crippen molar-refractivity contribution < 1.29 is 14.3 Å². The van der Waals surface area contributed by atoms with Gasteiger partial charge in [0, 0.05) is 17.6 Å². The second-order valence-corrected chi connectivity index (χ2v) is 7.20. The highest BCUT2D eigenvalue weighted by atomic mass is 32.2. The summed E-state index contributed by atoms with van der Waals surface area (Å²) in [7, 11) is 0. The van der Waals surface area contributed by atoms with Crippen molar-refractivity contribution in [2.45, 2.75) is 6.10 Å². The van der Waals surface area contributed by atoms with Gasteiger partial charge in [-0.15, -0.1) is 0 Å². The summed E-state index contributed by atoms with van der Waals surface area (Å²) >= 11 is 1.66. The topological polar surface area (TPSA) is 63.2 Å². The largest absolute Gasteiger partial charge is 0.485 e. The molecular formula is C20H17N3O3S. The number of thioether (sulfide) groups is 1. The van der Waals surface area contributed by atoms with Crippen molar-refractivity contribution in [2.75, 3.05) is 25.0 Å². The Labute approximate surface area is 160 Å². The van der Waals surface area contributed by atoms with Crippen LogP contribution in [0.1, 0.15) is 5.56 Å². The van der Waals surface area contributed by atoms with Crippen LogP contribution in [-0.2, 0) is 4.79 Å². The SMILES string of the molecule is O=C(Nc1ccc(C2=CSC3=NCCN23)cc1)C1COc2ccccc2O1. The first-order valence-corrected chi connectivity index (χ1v) is 9.64. The molecule has 0 fully saturated rings. The fraction of sp³-hybridized carbons (Fsp3) is 0.200. The van der Waals surface area contributed by atoms with E-state index in [0.717, 1.165) is 35.2 Å². The van der Waals surface area contributed by atoms with E-state index < -0.39 is 6.10 Å². The second kappa shape index (κ2) is 6.66. The van der Waals surface area contributed by atoms with Gasteiger partial charge in [0.25, 0.3) is 5.91 Å². The van der Waals surface area contributed by atoms with Crippen LogP contribution in [-0.4, -0.2) is 41.8 Å². The normalized spacial score (nSPS) is 20.0. The molecule has 6 nitrogen and oxygen atoms in total. The van der Waals surface area contributed by atoms with Crippen LogP contribution in [0.3, 0.4) is 0 Å². The number of aliphatic imine (C=N–C) groups is 1. The zero-order valence-corrected chi connectivity index (χ0v) is 15.2. The molecule has 1 N–H and O–H groups in total. The van der Waals surface area contributed by atoms with Crippen LogP contribution in [0.25, 0.3) is 5.70 Å². The summed E-state index contributed by atoms with van der Waals surface area (Å²) in [5.74, 6) is 1.04. The van der Waals surface area contributed by atoms with Crippen LogP contribution in [0, 0.1) is 0 Å². The molecule has 3 heterocycles. The number of benzene rings is 2. The Morgan fingerprint density at radius 2 is 1.96 bits per heavy atom. The zero-order chi connectivity index (χ0) is 18.2. The number of nitrogens with zero attached hydrogens (tertiary/aromatic N) is 2. The molecule has 0 saturated carbocycles. The summed E-state index contributed by atoms with van der Waals surface area (Å²) in [4.78, 5) is 19.2. The Morgan fingerprint density at radius 3 is 2.81 bits per heavy atom. The van der Waals surface area contributed by atoms with Gasteiger partial charge in [0.1, 0.15) is 6.61 Å². The smallest absolute Gasteiger partial charge is 0.269 e. The maximum atomic E-state index is 12.5. The Balaban J connectivity index is 1.25. The molecule has 1 atom stereocenters. The molecule has 0 bridgehead atoms. The van der Waals surface area contributed by atoms with Crippen molar-refractivity contribution in [1.29, 1.82) is 0 Å². The summed E-state index contributed by atoms with van der Waals surface area (Å²) in [6.07, 6.45) is -0.670. The summed E-state index contributed by atoms with van der Waals surface area (Å²) in [6, 6.07) is 15.2. The van der Waals surface area contributed by atoms with E-state index in [4.69, 9.17) is 9.47 Å². The van der Waals surface area contributed by atoms with Crippen molar-refractivity contribution >= 4 is 34.2 Å². The Hall–Kier alpha value is -2.93. The predicted octanol–water partition coefficient (Wildman–Crippen LogP) is 3.18. The molecule has 5 rings (SSSR count). The minimum Gasteiger partial charge on any atom is -0.485 e. The van der Waals surface area contributed by atoms with Gasteiger partial charge < -0.3 is 19.7 Å². The van der Waals surface area contributed by atoms with E-state index >= 15 is 0 Å². The molecule has 0 radical (unpaired) electrons. The lowest BCUT2D eigenvalue weighted by Crippen LogP contribution is -2.40. The van der Waals surface area contributed by atoms with Gasteiger partial charge in [0.15, 0.2) is 16.7 Å². The molecule has 2 aromatic rings.